The van der Waals surface area contributed by atoms with E-state index in [0.29, 0.717) is 0 Å². The van der Waals surface area contributed by atoms with E-state index in [4.69, 9.17) is 0 Å². The number of ether oxygens (including phenoxy) is 2. The largest absolute Gasteiger partial charge is 0.480 e. The Morgan fingerprint density at radius 3 is 2.45 bits per heavy atom. The molecule has 0 aliphatic rings. The van der Waals surface area contributed by atoms with Crippen LogP contribution < -0.4 is 9.47 Å². The van der Waals surface area contributed by atoms with E-state index in [9.17, 15) is 4.39 Å². The average Bonchev–Trinajstić information content (AvgIpc) is 2.04. The monoisotopic (exact) mass is 158 g/mol. The van der Waals surface area contributed by atoms with E-state index < -0.39 is 5.82 Å². The third-order valence-electron chi connectivity index (χ3n) is 1.10. The number of hydrogen-bond acceptors (Lipinski definition) is 4. The highest BCUT2D eigenvalue weighted by molar-refractivity contribution is 5.17. The van der Waals surface area contributed by atoms with Gasteiger partial charge in [0.05, 0.1) is 14.2 Å². The van der Waals surface area contributed by atoms with Crippen molar-refractivity contribution in [2.45, 2.75) is 0 Å². The first-order valence-corrected chi connectivity index (χ1v) is 2.89. The van der Waals surface area contributed by atoms with E-state index >= 15 is 0 Å². The molecule has 0 amide bonds. The molecule has 0 saturated carbocycles. The molecule has 11 heavy (non-hydrogen) atoms. The number of halogens is 1. The van der Waals surface area contributed by atoms with Crippen LogP contribution >= 0.6 is 0 Å². The molecule has 4 nitrogen and oxygen atoms in total. The summed E-state index contributed by atoms with van der Waals surface area (Å²) in [6, 6.07) is 1.10. The Morgan fingerprint density at radius 1 is 1.27 bits per heavy atom. The zero-order valence-corrected chi connectivity index (χ0v) is 6.17. The minimum atomic E-state index is -0.584. The highest BCUT2D eigenvalue weighted by Gasteiger charge is 2.05. The second kappa shape index (κ2) is 3.14. The molecule has 1 heterocycles. The molecule has 0 spiro atoms. The topological polar surface area (TPSA) is 44.2 Å². The SMILES string of the molecule is COc1cc(F)c(OC)nn1. The number of methoxy groups -OCH3 is 2. The molecule has 0 atom stereocenters. The van der Waals surface area contributed by atoms with Crippen molar-refractivity contribution in [3.63, 3.8) is 0 Å². The van der Waals surface area contributed by atoms with Crippen molar-refractivity contribution in [2.24, 2.45) is 0 Å². The maximum atomic E-state index is 12.7. The summed E-state index contributed by atoms with van der Waals surface area (Å²) in [6.07, 6.45) is 0. The van der Waals surface area contributed by atoms with E-state index in [-0.39, 0.29) is 11.8 Å². The van der Waals surface area contributed by atoms with Crippen LogP contribution in [0.2, 0.25) is 0 Å². The van der Waals surface area contributed by atoms with E-state index in [0.717, 1.165) is 6.07 Å². The van der Waals surface area contributed by atoms with Crippen LogP contribution in [0.5, 0.6) is 11.8 Å². The van der Waals surface area contributed by atoms with Gasteiger partial charge in [-0.15, -0.1) is 10.2 Å². The van der Waals surface area contributed by atoms with Crippen LogP contribution in [0.1, 0.15) is 0 Å². The van der Waals surface area contributed by atoms with Gasteiger partial charge >= 0.3 is 0 Å². The van der Waals surface area contributed by atoms with Gasteiger partial charge in [-0.3, -0.25) is 0 Å². The third kappa shape index (κ3) is 1.54. The summed E-state index contributed by atoms with van der Waals surface area (Å²) in [5.41, 5.74) is 0. The Bertz CT molecular complexity index is 254. The maximum absolute atomic E-state index is 12.7. The lowest BCUT2D eigenvalue weighted by Gasteiger charge is -2.00. The fourth-order valence-electron chi connectivity index (χ4n) is 0.580. The second-order valence-corrected chi connectivity index (χ2v) is 1.74. The molecule has 60 valence electrons. The Kier molecular flexibility index (Phi) is 2.20. The predicted octanol–water partition coefficient (Wildman–Crippen LogP) is 0.633. The lowest BCUT2D eigenvalue weighted by Crippen LogP contribution is -1.96. The molecule has 0 aliphatic carbocycles. The number of aromatic nitrogens is 2. The molecule has 1 rings (SSSR count). The van der Waals surface area contributed by atoms with Gasteiger partial charge in [-0.2, -0.15) is 0 Å². The summed E-state index contributed by atoms with van der Waals surface area (Å²) in [6.45, 7) is 0. The van der Waals surface area contributed by atoms with Crippen LogP contribution in [0.4, 0.5) is 4.39 Å². The summed E-state index contributed by atoms with van der Waals surface area (Å²) in [5, 5.41) is 6.89. The van der Waals surface area contributed by atoms with Gasteiger partial charge in [-0.1, -0.05) is 0 Å². The van der Waals surface area contributed by atoms with E-state index in [1.807, 2.05) is 0 Å². The van der Waals surface area contributed by atoms with Gasteiger partial charge in [-0.25, -0.2) is 4.39 Å². The first-order chi connectivity index (χ1) is 5.27. The van der Waals surface area contributed by atoms with Crippen LogP contribution in [-0.4, -0.2) is 24.4 Å². The van der Waals surface area contributed by atoms with Crippen molar-refractivity contribution < 1.29 is 13.9 Å². The van der Waals surface area contributed by atoms with Crippen molar-refractivity contribution in [2.75, 3.05) is 14.2 Å². The van der Waals surface area contributed by atoms with Crippen LogP contribution in [0.25, 0.3) is 0 Å². The lowest BCUT2D eigenvalue weighted by molar-refractivity contribution is 0.343. The Morgan fingerprint density at radius 2 is 2.00 bits per heavy atom. The Balaban J connectivity index is 2.99. The van der Waals surface area contributed by atoms with Gasteiger partial charge in [0.1, 0.15) is 0 Å². The number of rotatable bonds is 2. The minimum Gasteiger partial charge on any atom is -0.480 e. The molecule has 1 aromatic heterocycles. The molecular formula is C6H7FN2O2. The van der Waals surface area contributed by atoms with Crippen LogP contribution in [0.3, 0.4) is 0 Å². The highest BCUT2D eigenvalue weighted by Crippen LogP contribution is 2.14. The summed E-state index contributed by atoms with van der Waals surface area (Å²) in [4.78, 5) is 0. The zero-order valence-electron chi connectivity index (χ0n) is 6.17. The normalized spacial score (nSPS) is 9.36. The van der Waals surface area contributed by atoms with Gasteiger partial charge in [0.15, 0.2) is 5.82 Å². The summed E-state index contributed by atoms with van der Waals surface area (Å²) < 4.78 is 21.9. The summed E-state index contributed by atoms with van der Waals surface area (Å²) in [7, 11) is 2.70. The van der Waals surface area contributed by atoms with E-state index in [1.54, 1.807) is 0 Å². The molecule has 5 heteroatoms. The van der Waals surface area contributed by atoms with E-state index in [2.05, 4.69) is 19.7 Å². The Hall–Kier alpha value is -1.39. The molecule has 0 radical (unpaired) electrons. The Labute approximate surface area is 63.0 Å². The maximum Gasteiger partial charge on any atom is 0.269 e. The molecule has 0 fully saturated rings. The quantitative estimate of drug-likeness (QED) is 0.633. The predicted molar refractivity (Wildman–Crippen MR) is 35.1 cm³/mol. The van der Waals surface area contributed by atoms with Gasteiger partial charge in [0.2, 0.25) is 5.88 Å². The molecule has 0 saturated heterocycles. The lowest BCUT2D eigenvalue weighted by atomic mass is 10.5. The van der Waals surface area contributed by atoms with Crippen LogP contribution in [0, 0.1) is 5.82 Å². The second-order valence-electron chi connectivity index (χ2n) is 1.74. The molecule has 0 aliphatic heterocycles. The molecule has 0 N–H and O–H groups in total. The fraction of sp³-hybridized carbons (Fsp3) is 0.333. The van der Waals surface area contributed by atoms with Crippen molar-refractivity contribution in [1.82, 2.24) is 10.2 Å². The molecule has 1 aromatic rings. The van der Waals surface area contributed by atoms with Gasteiger partial charge < -0.3 is 9.47 Å². The van der Waals surface area contributed by atoms with Crippen LogP contribution in [-0.2, 0) is 0 Å². The minimum absolute atomic E-state index is 0.128. The molecule has 0 unspecified atom stereocenters. The van der Waals surface area contributed by atoms with Crippen molar-refractivity contribution >= 4 is 0 Å². The molecular weight excluding hydrogens is 151 g/mol. The van der Waals surface area contributed by atoms with Gasteiger partial charge in [-0.05, 0) is 0 Å². The average molecular weight is 158 g/mol. The fourth-order valence-corrected chi connectivity index (χ4v) is 0.580. The first-order valence-electron chi connectivity index (χ1n) is 2.89. The molecule has 0 aromatic carbocycles. The highest BCUT2D eigenvalue weighted by atomic mass is 19.1. The van der Waals surface area contributed by atoms with Crippen molar-refractivity contribution in [3.05, 3.63) is 11.9 Å². The summed E-state index contributed by atoms with van der Waals surface area (Å²) >= 11 is 0. The zero-order chi connectivity index (χ0) is 8.27. The standard InChI is InChI=1S/C6H7FN2O2/c1-10-5-3-4(7)6(11-2)9-8-5/h3H,1-2H3. The van der Waals surface area contributed by atoms with Crippen molar-refractivity contribution in [3.8, 4) is 11.8 Å². The van der Waals surface area contributed by atoms with Crippen molar-refractivity contribution in [1.29, 1.82) is 0 Å². The van der Waals surface area contributed by atoms with Gasteiger partial charge in [0, 0.05) is 6.07 Å². The third-order valence-corrected chi connectivity index (χ3v) is 1.10. The molecule has 0 bridgehead atoms. The number of hydrogen-bond donors (Lipinski definition) is 0. The van der Waals surface area contributed by atoms with Gasteiger partial charge in [0.25, 0.3) is 5.88 Å². The van der Waals surface area contributed by atoms with E-state index in [1.165, 1.54) is 14.2 Å². The number of nitrogens with zero attached hydrogens (tertiary/aromatic N) is 2. The summed E-state index contributed by atoms with van der Waals surface area (Å²) in [5.74, 6) is -0.589. The first kappa shape index (κ1) is 7.71. The smallest absolute Gasteiger partial charge is 0.269 e. The van der Waals surface area contributed by atoms with Crippen LogP contribution in [0.15, 0.2) is 6.07 Å².